The quantitative estimate of drug-likeness (QED) is 0.591. The predicted octanol–water partition coefficient (Wildman–Crippen LogP) is 3.92. The maximum atomic E-state index is 13.9. The summed E-state index contributed by atoms with van der Waals surface area (Å²) in [5, 5.41) is 3.19. The highest BCUT2D eigenvalue weighted by atomic mass is 16.2. The number of likely N-dealkylation sites (tertiary alicyclic amines) is 1. The molecule has 1 aromatic carbocycles. The SMILES string of the molecule is CC[C@H](C)CN1CCC([C@]2(Cc3ccccc3)NC(=O)N(CCc3ccccn3)C2=O)CC1. The number of nitrogens with zero attached hydrogens (tertiary/aromatic N) is 3. The Labute approximate surface area is 197 Å². The fourth-order valence-corrected chi connectivity index (χ4v) is 5.26. The van der Waals surface area contributed by atoms with Crippen molar-refractivity contribution in [3.63, 3.8) is 0 Å². The smallest absolute Gasteiger partial charge is 0.322 e. The van der Waals surface area contributed by atoms with Crippen molar-refractivity contribution in [1.82, 2.24) is 20.1 Å². The average Bonchev–Trinajstić information content (AvgIpc) is 3.08. The highest BCUT2D eigenvalue weighted by Crippen LogP contribution is 2.36. The molecule has 2 aromatic rings. The molecule has 0 aliphatic carbocycles. The Morgan fingerprint density at radius 2 is 1.82 bits per heavy atom. The number of carbonyl (C=O) groups is 2. The fraction of sp³-hybridized carbons (Fsp3) is 0.519. The van der Waals surface area contributed by atoms with Gasteiger partial charge in [0.1, 0.15) is 5.54 Å². The summed E-state index contributed by atoms with van der Waals surface area (Å²) in [7, 11) is 0. The summed E-state index contributed by atoms with van der Waals surface area (Å²) in [5.74, 6) is 0.726. The normalized spacial score (nSPS) is 23.0. The molecule has 4 rings (SSSR count). The van der Waals surface area contributed by atoms with E-state index < -0.39 is 5.54 Å². The van der Waals surface area contributed by atoms with E-state index in [4.69, 9.17) is 0 Å². The number of rotatable bonds is 9. The summed E-state index contributed by atoms with van der Waals surface area (Å²) in [4.78, 5) is 35.2. The van der Waals surface area contributed by atoms with Crippen molar-refractivity contribution in [2.24, 2.45) is 11.8 Å². The van der Waals surface area contributed by atoms with Crippen LogP contribution in [-0.4, -0.2) is 58.4 Å². The number of urea groups is 1. The van der Waals surface area contributed by atoms with Gasteiger partial charge in [0.15, 0.2) is 0 Å². The zero-order chi connectivity index (χ0) is 23.3. The van der Waals surface area contributed by atoms with Gasteiger partial charge in [-0.1, -0.05) is 56.7 Å². The molecule has 0 saturated carbocycles. The summed E-state index contributed by atoms with van der Waals surface area (Å²) >= 11 is 0. The van der Waals surface area contributed by atoms with Gasteiger partial charge < -0.3 is 10.2 Å². The highest BCUT2D eigenvalue weighted by molar-refractivity contribution is 6.07. The molecule has 0 spiro atoms. The number of piperidine rings is 1. The molecule has 2 fully saturated rings. The molecule has 2 atom stereocenters. The minimum absolute atomic E-state index is 0.0762. The molecular weight excluding hydrogens is 412 g/mol. The van der Waals surface area contributed by atoms with E-state index >= 15 is 0 Å². The lowest BCUT2D eigenvalue weighted by Gasteiger charge is -2.41. The molecule has 0 radical (unpaired) electrons. The molecule has 2 aliphatic heterocycles. The van der Waals surface area contributed by atoms with Crippen molar-refractivity contribution >= 4 is 11.9 Å². The van der Waals surface area contributed by atoms with Crippen molar-refractivity contribution < 1.29 is 9.59 Å². The van der Waals surface area contributed by atoms with E-state index in [0.29, 0.717) is 25.3 Å². The molecule has 6 heteroatoms. The molecule has 3 amide bonds. The minimum atomic E-state index is -0.870. The van der Waals surface area contributed by atoms with Crippen LogP contribution >= 0.6 is 0 Å². The monoisotopic (exact) mass is 448 g/mol. The van der Waals surface area contributed by atoms with E-state index in [1.807, 2.05) is 36.4 Å². The second kappa shape index (κ2) is 10.5. The van der Waals surface area contributed by atoms with E-state index in [1.165, 1.54) is 11.3 Å². The molecule has 0 unspecified atom stereocenters. The Morgan fingerprint density at radius 1 is 1.09 bits per heavy atom. The van der Waals surface area contributed by atoms with E-state index in [9.17, 15) is 9.59 Å². The Balaban J connectivity index is 1.52. The second-order valence-corrected chi connectivity index (χ2v) is 9.68. The van der Waals surface area contributed by atoms with E-state index in [1.54, 1.807) is 6.20 Å². The first kappa shape index (κ1) is 23.4. The van der Waals surface area contributed by atoms with Crippen LogP contribution in [0.3, 0.4) is 0 Å². The first-order chi connectivity index (χ1) is 16.0. The lowest BCUT2D eigenvalue weighted by atomic mass is 9.73. The van der Waals surface area contributed by atoms with Crippen LogP contribution in [0, 0.1) is 11.8 Å². The van der Waals surface area contributed by atoms with Gasteiger partial charge in [0.2, 0.25) is 0 Å². The number of imide groups is 1. The highest BCUT2D eigenvalue weighted by Gasteiger charge is 2.55. The lowest BCUT2D eigenvalue weighted by Crippen LogP contribution is -2.57. The number of aromatic nitrogens is 1. The number of benzene rings is 1. The van der Waals surface area contributed by atoms with Crippen LogP contribution in [0.25, 0.3) is 0 Å². The van der Waals surface area contributed by atoms with Crippen LogP contribution in [0.2, 0.25) is 0 Å². The van der Waals surface area contributed by atoms with Crippen LogP contribution in [0.5, 0.6) is 0 Å². The molecule has 0 bridgehead atoms. The molecule has 1 N–H and O–H groups in total. The summed E-state index contributed by atoms with van der Waals surface area (Å²) in [6.07, 6.45) is 5.86. The first-order valence-electron chi connectivity index (χ1n) is 12.3. The minimum Gasteiger partial charge on any atom is -0.322 e. The molecule has 3 heterocycles. The van der Waals surface area contributed by atoms with E-state index in [2.05, 4.69) is 41.2 Å². The third-order valence-corrected chi connectivity index (χ3v) is 7.40. The summed E-state index contributed by atoms with van der Waals surface area (Å²) < 4.78 is 0. The zero-order valence-corrected chi connectivity index (χ0v) is 19.9. The summed E-state index contributed by atoms with van der Waals surface area (Å²) in [6.45, 7) is 7.93. The molecule has 2 saturated heterocycles. The first-order valence-corrected chi connectivity index (χ1v) is 12.3. The van der Waals surface area contributed by atoms with Crippen LogP contribution in [0.1, 0.15) is 44.4 Å². The van der Waals surface area contributed by atoms with Crippen LogP contribution < -0.4 is 5.32 Å². The molecule has 6 nitrogen and oxygen atoms in total. The lowest BCUT2D eigenvalue weighted by molar-refractivity contribution is -0.134. The Kier molecular flexibility index (Phi) is 7.43. The van der Waals surface area contributed by atoms with Gasteiger partial charge in [0.25, 0.3) is 5.91 Å². The van der Waals surface area contributed by atoms with Crippen molar-refractivity contribution in [3.05, 3.63) is 66.0 Å². The number of amides is 3. The molecule has 33 heavy (non-hydrogen) atoms. The van der Waals surface area contributed by atoms with Gasteiger partial charge in [0.05, 0.1) is 0 Å². The third kappa shape index (κ3) is 5.27. The van der Waals surface area contributed by atoms with Gasteiger partial charge in [-0.25, -0.2) is 4.79 Å². The Bertz CT molecular complexity index is 928. The Morgan fingerprint density at radius 3 is 2.48 bits per heavy atom. The topological polar surface area (TPSA) is 65.5 Å². The summed E-state index contributed by atoms with van der Waals surface area (Å²) in [6, 6.07) is 15.5. The van der Waals surface area contributed by atoms with Gasteiger partial charge in [-0.3, -0.25) is 14.7 Å². The number of pyridine rings is 1. The van der Waals surface area contributed by atoms with Crippen LogP contribution in [-0.2, 0) is 17.6 Å². The maximum absolute atomic E-state index is 13.9. The van der Waals surface area contributed by atoms with Gasteiger partial charge in [-0.15, -0.1) is 0 Å². The van der Waals surface area contributed by atoms with Crippen molar-refractivity contribution in [2.45, 2.75) is 51.5 Å². The maximum Gasteiger partial charge on any atom is 0.325 e. The third-order valence-electron chi connectivity index (χ3n) is 7.40. The standard InChI is InChI=1S/C27H36N4O2/c1-3-21(2)20-30-16-12-23(13-17-30)27(19-22-9-5-4-6-10-22)25(32)31(26(33)29-27)18-14-24-11-7-8-15-28-24/h4-11,15,21,23H,3,12-14,16-20H2,1-2H3,(H,29,33)/t21-,27-/m0/s1. The molecule has 2 aliphatic rings. The number of carbonyl (C=O) groups excluding carboxylic acids is 2. The fourth-order valence-electron chi connectivity index (χ4n) is 5.26. The molecule has 1 aromatic heterocycles. The van der Waals surface area contributed by atoms with Crippen molar-refractivity contribution in [3.8, 4) is 0 Å². The second-order valence-electron chi connectivity index (χ2n) is 9.68. The van der Waals surface area contributed by atoms with Gasteiger partial charge in [-0.05, 0) is 55.5 Å². The number of nitrogens with one attached hydrogen (secondary N) is 1. The van der Waals surface area contributed by atoms with E-state index in [0.717, 1.165) is 43.7 Å². The van der Waals surface area contributed by atoms with Crippen molar-refractivity contribution in [2.75, 3.05) is 26.2 Å². The molecule has 176 valence electrons. The van der Waals surface area contributed by atoms with Crippen LogP contribution in [0.4, 0.5) is 4.79 Å². The largest absolute Gasteiger partial charge is 0.325 e. The van der Waals surface area contributed by atoms with E-state index in [-0.39, 0.29) is 17.9 Å². The van der Waals surface area contributed by atoms with Gasteiger partial charge in [0, 0.05) is 37.8 Å². The zero-order valence-electron chi connectivity index (χ0n) is 19.9. The van der Waals surface area contributed by atoms with Crippen molar-refractivity contribution in [1.29, 1.82) is 0 Å². The Hall–Kier alpha value is -2.73. The van der Waals surface area contributed by atoms with Gasteiger partial charge in [-0.2, -0.15) is 0 Å². The predicted molar refractivity (Wildman–Crippen MR) is 130 cm³/mol. The van der Waals surface area contributed by atoms with Crippen LogP contribution in [0.15, 0.2) is 54.7 Å². The summed E-state index contributed by atoms with van der Waals surface area (Å²) in [5.41, 5.74) is 1.10. The van der Waals surface area contributed by atoms with Gasteiger partial charge >= 0.3 is 6.03 Å². The average molecular weight is 449 g/mol. The molecular formula is C27H36N4O2. The number of hydrogen-bond donors (Lipinski definition) is 1. The number of hydrogen-bond acceptors (Lipinski definition) is 4.